The third-order valence-electron chi connectivity index (χ3n) is 4.12. The number of hydrogen-bond acceptors (Lipinski definition) is 4. The maximum Gasteiger partial charge on any atom is 0.431 e. The van der Waals surface area contributed by atoms with Gasteiger partial charge in [-0.2, -0.15) is 24.5 Å². The zero-order valence-electron chi connectivity index (χ0n) is 15.7. The molecule has 9 heteroatoms. The van der Waals surface area contributed by atoms with Gasteiger partial charge >= 0.3 is 6.18 Å². The van der Waals surface area contributed by atoms with Gasteiger partial charge in [-0.3, -0.25) is 9.97 Å². The predicted octanol–water partition coefficient (Wildman–Crippen LogP) is 5.88. The Morgan fingerprint density at radius 2 is 1.74 bits per heavy atom. The summed E-state index contributed by atoms with van der Waals surface area (Å²) in [4.78, 5) is 8.20. The number of aromatic nitrogens is 4. The van der Waals surface area contributed by atoms with Crippen molar-refractivity contribution in [3.8, 4) is 22.0 Å². The number of rotatable bonds is 2. The van der Waals surface area contributed by atoms with Gasteiger partial charge in [0.1, 0.15) is 5.69 Å². The number of benzene rings is 2. The first-order valence-corrected chi connectivity index (χ1v) is 9.68. The Morgan fingerprint density at radius 1 is 0.935 bits per heavy atom. The Hall–Kier alpha value is -2.87. The van der Waals surface area contributed by atoms with Gasteiger partial charge in [-0.1, -0.05) is 41.4 Å². The number of thiazole rings is 1. The summed E-state index contributed by atoms with van der Waals surface area (Å²) >= 11 is 1.65. The topological polar surface area (TPSA) is 52.8 Å². The van der Waals surface area contributed by atoms with Crippen LogP contribution in [0.4, 0.5) is 13.2 Å². The van der Waals surface area contributed by atoms with Gasteiger partial charge in [0.2, 0.25) is 0 Å². The molecule has 0 bridgehead atoms. The number of alkyl halides is 3. The molecule has 3 aromatic heterocycles. The molecule has 0 aliphatic carbocycles. The zero-order valence-corrected chi connectivity index (χ0v) is 18.9. The molecular formula is C22H13F3IrN4S-2. The van der Waals surface area contributed by atoms with Crippen molar-refractivity contribution in [1.82, 2.24) is 20.2 Å². The summed E-state index contributed by atoms with van der Waals surface area (Å²) in [7, 11) is 0. The van der Waals surface area contributed by atoms with E-state index in [1.807, 2.05) is 29.8 Å². The summed E-state index contributed by atoms with van der Waals surface area (Å²) in [6.07, 6.45) is -1.15. The predicted molar refractivity (Wildman–Crippen MR) is 110 cm³/mol. The Kier molecular flexibility index (Phi) is 7.33. The van der Waals surface area contributed by atoms with Crippen LogP contribution >= 0.6 is 11.3 Å². The van der Waals surface area contributed by atoms with Crippen LogP contribution < -0.4 is 5.10 Å². The Labute approximate surface area is 193 Å². The fourth-order valence-corrected chi connectivity index (χ4v) is 3.42. The zero-order chi connectivity index (χ0) is 21.0. The molecule has 0 aliphatic rings. The Balaban J connectivity index is 0.000000170. The van der Waals surface area contributed by atoms with Crippen molar-refractivity contribution in [2.24, 2.45) is 0 Å². The average Bonchev–Trinajstić information content (AvgIpc) is 3.47. The number of nitrogens with zero attached hydrogens (tertiary/aromatic N) is 4. The Morgan fingerprint density at radius 3 is 2.42 bits per heavy atom. The smallest absolute Gasteiger partial charge is 0.431 e. The number of fused-ring (bicyclic) bond motifs is 1. The van der Waals surface area contributed by atoms with Crippen LogP contribution in [0.2, 0.25) is 0 Å². The minimum Gasteiger partial charge on any atom is -0.573 e. The SMILES string of the molecule is FC(F)(F)c1cc(-c2ccccn2)[n-]n1.[Ir].[c-]1ccc2ccccc2c1-c1nccs1. The van der Waals surface area contributed by atoms with Crippen LogP contribution in [0.1, 0.15) is 5.69 Å². The van der Waals surface area contributed by atoms with Crippen molar-refractivity contribution in [2.45, 2.75) is 6.18 Å². The third-order valence-corrected chi connectivity index (χ3v) is 4.91. The van der Waals surface area contributed by atoms with Gasteiger partial charge in [-0.05, 0) is 18.2 Å². The first-order valence-electron chi connectivity index (χ1n) is 8.80. The van der Waals surface area contributed by atoms with E-state index in [9.17, 15) is 13.2 Å². The molecule has 5 rings (SSSR count). The number of halogens is 3. The molecule has 3 heterocycles. The molecule has 0 aliphatic heterocycles. The van der Waals surface area contributed by atoms with Gasteiger partial charge in [0, 0.05) is 48.6 Å². The maximum atomic E-state index is 12.2. The van der Waals surface area contributed by atoms with Crippen LogP contribution in [0.3, 0.4) is 0 Å². The Bertz CT molecular complexity index is 1230. The molecule has 1 radical (unpaired) electrons. The van der Waals surface area contributed by atoms with Crippen LogP contribution in [0.5, 0.6) is 0 Å². The second kappa shape index (κ2) is 9.96. The van der Waals surface area contributed by atoms with E-state index in [1.54, 1.807) is 29.5 Å². The summed E-state index contributed by atoms with van der Waals surface area (Å²) in [6, 6.07) is 21.4. The van der Waals surface area contributed by atoms with E-state index in [1.165, 1.54) is 17.0 Å². The van der Waals surface area contributed by atoms with Crippen LogP contribution in [-0.2, 0) is 26.3 Å². The summed E-state index contributed by atoms with van der Waals surface area (Å²) in [6.45, 7) is 0. The van der Waals surface area contributed by atoms with E-state index in [4.69, 9.17) is 0 Å². The van der Waals surface area contributed by atoms with Crippen molar-refractivity contribution >= 4 is 22.1 Å². The average molecular weight is 615 g/mol. The van der Waals surface area contributed by atoms with Crippen LogP contribution in [0.15, 0.2) is 78.4 Å². The summed E-state index contributed by atoms with van der Waals surface area (Å²) in [5, 5.41) is 11.9. The largest absolute Gasteiger partial charge is 0.573 e. The maximum absolute atomic E-state index is 12.2. The van der Waals surface area contributed by atoms with Gasteiger partial charge < -0.3 is 10.2 Å². The molecule has 159 valence electrons. The van der Waals surface area contributed by atoms with Gasteiger partial charge in [-0.15, -0.1) is 29.1 Å². The van der Waals surface area contributed by atoms with Gasteiger partial charge in [0.25, 0.3) is 0 Å². The fourth-order valence-electron chi connectivity index (χ4n) is 2.76. The second-order valence-electron chi connectivity index (χ2n) is 6.10. The standard InChI is InChI=1S/C13H8NS.C9H5F3N3.Ir/c1-2-6-11-10(4-1)5-3-7-12(11)13-14-8-9-15-13;10-9(11,12)8-5-7(14-15-8)6-3-1-2-4-13-6;/h1-6,8-9H;1-5H;/q2*-1;. The van der Waals surface area contributed by atoms with E-state index >= 15 is 0 Å². The van der Waals surface area contributed by atoms with E-state index < -0.39 is 11.9 Å². The molecule has 0 spiro atoms. The second-order valence-corrected chi connectivity index (χ2v) is 7.00. The van der Waals surface area contributed by atoms with E-state index in [0.29, 0.717) is 5.69 Å². The molecule has 0 saturated heterocycles. The molecule has 0 amide bonds. The number of hydrogen-bond donors (Lipinski definition) is 0. The summed E-state index contributed by atoms with van der Waals surface area (Å²) < 4.78 is 36.6. The summed E-state index contributed by atoms with van der Waals surface area (Å²) in [5.74, 6) is 0. The van der Waals surface area contributed by atoms with Crippen molar-refractivity contribution in [2.75, 3.05) is 0 Å². The molecule has 0 unspecified atom stereocenters. The van der Waals surface area contributed by atoms with Crippen LogP contribution in [0, 0.1) is 6.07 Å². The molecule has 0 N–H and O–H groups in total. The minimum atomic E-state index is -4.46. The van der Waals surface area contributed by atoms with Crippen molar-refractivity contribution in [3.63, 3.8) is 0 Å². The normalized spacial score (nSPS) is 10.8. The fraction of sp³-hybridized carbons (Fsp3) is 0.0455. The number of pyridine rings is 1. The van der Waals surface area contributed by atoms with E-state index in [-0.39, 0.29) is 25.8 Å². The van der Waals surface area contributed by atoms with Crippen LogP contribution in [0.25, 0.3) is 32.7 Å². The molecule has 31 heavy (non-hydrogen) atoms. The monoisotopic (exact) mass is 615 g/mol. The minimum absolute atomic E-state index is 0. The van der Waals surface area contributed by atoms with Gasteiger partial charge in [-0.25, -0.2) is 0 Å². The van der Waals surface area contributed by atoms with E-state index in [0.717, 1.165) is 16.6 Å². The molecule has 0 saturated carbocycles. The molecular weight excluding hydrogens is 602 g/mol. The van der Waals surface area contributed by atoms with E-state index in [2.05, 4.69) is 44.4 Å². The molecule has 0 atom stereocenters. The first kappa shape index (κ1) is 22.8. The first-order chi connectivity index (χ1) is 14.5. The van der Waals surface area contributed by atoms with Crippen molar-refractivity contribution in [1.29, 1.82) is 0 Å². The van der Waals surface area contributed by atoms with Crippen molar-refractivity contribution in [3.05, 3.63) is 90.2 Å². The van der Waals surface area contributed by atoms with Crippen molar-refractivity contribution < 1.29 is 33.3 Å². The molecule has 2 aromatic carbocycles. The quantitative estimate of drug-likeness (QED) is 0.233. The summed E-state index contributed by atoms with van der Waals surface area (Å²) in [5.41, 5.74) is 0.606. The third kappa shape index (κ3) is 5.44. The van der Waals surface area contributed by atoms with Gasteiger partial charge in [0.05, 0.1) is 0 Å². The molecule has 4 nitrogen and oxygen atoms in total. The van der Waals surface area contributed by atoms with Gasteiger partial charge in [0.15, 0.2) is 0 Å². The van der Waals surface area contributed by atoms with Crippen LogP contribution in [-0.4, -0.2) is 15.1 Å². The molecule has 0 fully saturated rings. The molecule has 5 aromatic rings.